The van der Waals surface area contributed by atoms with Crippen molar-refractivity contribution in [3.8, 4) is 11.8 Å². The summed E-state index contributed by atoms with van der Waals surface area (Å²) in [5.74, 6) is 0.508. The van der Waals surface area contributed by atoms with Crippen LogP contribution in [0.25, 0.3) is 11.6 Å². The largest absolute Gasteiger partial charge is 0.496 e. The zero-order valence-electron chi connectivity index (χ0n) is 12.7. The van der Waals surface area contributed by atoms with E-state index in [1.54, 1.807) is 31.4 Å². The molecule has 1 aromatic carbocycles. The molecule has 0 saturated carbocycles. The fourth-order valence-corrected chi connectivity index (χ4v) is 2.93. The number of allylic oxidation sites excluding steroid dienone is 1. The Labute approximate surface area is 133 Å². The van der Waals surface area contributed by atoms with Gasteiger partial charge in [-0.25, -0.2) is 4.98 Å². The number of thiazole rings is 1. The molecule has 0 bridgehead atoms. The summed E-state index contributed by atoms with van der Waals surface area (Å²) in [7, 11) is 1.54. The van der Waals surface area contributed by atoms with Crippen LogP contribution in [0.2, 0.25) is 0 Å². The van der Waals surface area contributed by atoms with Crippen LogP contribution in [0.4, 0.5) is 0 Å². The molecule has 0 aliphatic heterocycles. The molecule has 0 amide bonds. The zero-order valence-corrected chi connectivity index (χ0v) is 13.5. The lowest BCUT2D eigenvalue weighted by Crippen LogP contribution is -1.97. The van der Waals surface area contributed by atoms with Gasteiger partial charge in [0, 0.05) is 10.9 Å². The third-order valence-corrected chi connectivity index (χ3v) is 4.11. The first-order valence-corrected chi connectivity index (χ1v) is 7.72. The molecule has 5 heteroatoms. The Bertz CT molecular complexity index is 769. The van der Waals surface area contributed by atoms with E-state index in [1.165, 1.54) is 18.3 Å². The van der Waals surface area contributed by atoms with Gasteiger partial charge in [0.25, 0.3) is 0 Å². The fraction of sp³-hybridized carbons (Fsp3) is 0.235. The highest BCUT2D eigenvalue weighted by atomic mass is 32.1. The molecule has 0 aliphatic rings. The highest BCUT2D eigenvalue weighted by Gasteiger charge is 2.13. The van der Waals surface area contributed by atoms with E-state index in [9.17, 15) is 4.79 Å². The van der Waals surface area contributed by atoms with Gasteiger partial charge in [-0.1, -0.05) is 6.92 Å². The van der Waals surface area contributed by atoms with E-state index in [1.807, 2.05) is 12.3 Å². The smallest absolute Gasteiger partial charge is 0.162 e. The molecule has 0 atom stereocenters. The molecule has 22 heavy (non-hydrogen) atoms. The summed E-state index contributed by atoms with van der Waals surface area (Å²) >= 11 is 1.46. The molecular weight excluding hydrogens is 296 g/mol. The minimum absolute atomic E-state index is 0.0524. The van der Waals surface area contributed by atoms with Crippen molar-refractivity contribution in [2.24, 2.45) is 0 Å². The second-order valence-electron chi connectivity index (χ2n) is 4.68. The van der Waals surface area contributed by atoms with Crippen molar-refractivity contribution in [1.82, 2.24) is 4.98 Å². The third-order valence-electron chi connectivity index (χ3n) is 3.19. The molecule has 2 rings (SSSR count). The first-order chi connectivity index (χ1) is 10.6. The van der Waals surface area contributed by atoms with Gasteiger partial charge in [-0.05, 0) is 37.6 Å². The van der Waals surface area contributed by atoms with Crippen LogP contribution in [0.3, 0.4) is 0 Å². The average Bonchev–Trinajstić information content (AvgIpc) is 3.00. The molecular formula is C17H16N2O2S. The molecule has 2 aromatic rings. The standard InChI is InChI=1S/C17H16N2O2S/c1-4-14-10-22-17(19-14)15(11(2)20)8-13-6-5-12(9-18)7-16(13)21-3/h5-8,10H,4H2,1-3H3. The number of ether oxygens (including phenoxy) is 1. The van der Waals surface area contributed by atoms with Gasteiger partial charge in [-0.15, -0.1) is 11.3 Å². The fourth-order valence-electron chi connectivity index (χ4n) is 1.96. The maximum atomic E-state index is 12.0. The lowest BCUT2D eigenvalue weighted by Gasteiger charge is -2.06. The first kappa shape index (κ1) is 15.9. The molecule has 0 N–H and O–H groups in total. The molecule has 0 spiro atoms. The van der Waals surface area contributed by atoms with E-state index < -0.39 is 0 Å². The number of aromatic nitrogens is 1. The van der Waals surface area contributed by atoms with E-state index in [-0.39, 0.29) is 5.78 Å². The van der Waals surface area contributed by atoms with Gasteiger partial charge in [0.05, 0.1) is 30.0 Å². The van der Waals surface area contributed by atoms with Gasteiger partial charge in [0.2, 0.25) is 0 Å². The minimum atomic E-state index is -0.0524. The summed E-state index contributed by atoms with van der Waals surface area (Å²) in [6.07, 6.45) is 2.60. The van der Waals surface area contributed by atoms with Crippen LogP contribution in [0.15, 0.2) is 23.6 Å². The molecule has 0 aliphatic carbocycles. The maximum absolute atomic E-state index is 12.0. The SMILES string of the molecule is CCc1csc(C(=Cc2ccc(C#N)cc2OC)C(C)=O)n1. The summed E-state index contributed by atoms with van der Waals surface area (Å²) < 4.78 is 5.31. The van der Waals surface area contributed by atoms with Gasteiger partial charge < -0.3 is 4.74 Å². The van der Waals surface area contributed by atoms with Crippen LogP contribution in [0.5, 0.6) is 5.75 Å². The number of aryl methyl sites for hydroxylation is 1. The van der Waals surface area contributed by atoms with Crippen molar-refractivity contribution in [3.63, 3.8) is 0 Å². The molecule has 0 saturated heterocycles. The van der Waals surface area contributed by atoms with Crippen molar-refractivity contribution in [2.75, 3.05) is 7.11 Å². The number of methoxy groups -OCH3 is 1. The molecule has 4 nitrogen and oxygen atoms in total. The Hall–Kier alpha value is -2.45. The summed E-state index contributed by atoms with van der Waals surface area (Å²) in [6, 6.07) is 7.20. The second-order valence-corrected chi connectivity index (χ2v) is 5.54. The number of nitriles is 1. The minimum Gasteiger partial charge on any atom is -0.496 e. The lowest BCUT2D eigenvalue weighted by molar-refractivity contribution is -0.111. The number of carbonyl (C=O) groups excluding carboxylic acids is 1. The van der Waals surface area contributed by atoms with E-state index in [0.29, 0.717) is 21.9 Å². The Morgan fingerprint density at radius 2 is 2.27 bits per heavy atom. The lowest BCUT2D eigenvalue weighted by atomic mass is 10.1. The van der Waals surface area contributed by atoms with Crippen molar-refractivity contribution < 1.29 is 9.53 Å². The molecule has 1 aromatic heterocycles. The van der Waals surface area contributed by atoms with Gasteiger partial charge in [0.15, 0.2) is 5.78 Å². The maximum Gasteiger partial charge on any atom is 0.162 e. The van der Waals surface area contributed by atoms with E-state index in [2.05, 4.69) is 11.1 Å². The number of carbonyl (C=O) groups is 1. The van der Waals surface area contributed by atoms with Gasteiger partial charge >= 0.3 is 0 Å². The summed E-state index contributed by atoms with van der Waals surface area (Å²) in [5.41, 5.74) is 2.78. The van der Waals surface area contributed by atoms with Crippen molar-refractivity contribution in [3.05, 3.63) is 45.4 Å². The quantitative estimate of drug-likeness (QED) is 0.789. The number of rotatable bonds is 5. The van der Waals surface area contributed by atoms with Crippen LogP contribution in [-0.2, 0) is 11.2 Å². The van der Waals surface area contributed by atoms with Gasteiger partial charge in [0.1, 0.15) is 10.8 Å². The Kier molecular flexibility index (Phi) is 5.08. The predicted molar refractivity (Wildman–Crippen MR) is 87.8 cm³/mol. The van der Waals surface area contributed by atoms with Gasteiger partial charge in [-0.2, -0.15) is 5.26 Å². The Morgan fingerprint density at radius 1 is 1.50 bits per heavy atom. The van der Waals surface area contributed by atoms with Crippen LogP contribution in [0.1, 0.15) is 35.7 Å². The number of benzene rings is 1. The Balaban J connectivity index is 2.51. The number of hydrogen-bond donors (Lipinski definition) is 0. The summed E-state index contributed by atoms with van der Waals surface area (Å²) in [4.78, 5) is 16.4. The van der Waals surface area contributed by atoms with E-state index >= 15 is 0 Å². The van der Waals surface area contributed by atoms with Crippen LogP contribution in [0, 0.1) is 11.3 Å². The number of Topliss-reactive ketones (excluding diaryl/α,β-unsaturated/α-hetero) is 1. The molecule has 0 radical (unpaired) electrons. The molecule has 0 unspecified atom stereocenters. The second kappa shape index (κ2) is 7.01. The number of hydrogen-bond acceptors (Lipinski definition) is 5. The summed E-state index contributed by atoms with van der Waals surface area (Å²) in [6.45, 7) is 3.55. The van der Waals surface area contributed by atoms with Crippen molar-refractivity contribution in [1.29, 1.82) is 5.26 Å². The zero-order chi connectivity index (χ0) is 16.1. The van der Waals surface area contributed by atoms with Gasteiger partial charge in [-0.3, -0.25) is 4.79 Å². The predicted octanol–water partition coefficient (Wildman–Crippen LogP) is 3.72. The highest BCUT2D eigenvalue weighted by molar-refractivity contribution is 7.11. The highest BCUT2D eigenvalue weighted by Crippen LogP contribution is 2.28. The number of nitrogens with zero attached hydrogens (tertiary/aromatic N) is 2. The monoisotopic (exact) mass is 312 g/mol. The average molecular weight is 312 g/mol. The van der Waals surface area contributed by atoms with Crippen molar-refractivity contribution >= 4 is 28.8 Å². The Morgan fingerprint density at radius 3 is 2.82 bits per heavy atom. The molecule has 1 heterocycles. The summed E-state index contributed by atoms with van der Waals surface area (Å²) in [5, 5.41) is 11.6. The normalized spacial score (nSPS) is 11.1. The third kappa shape index (κ3) is 3.41. The first-order valence-electron chi connectivity index (χ1n) is 6.84. The molecule has 112 valence electrons. The van der Waals surface area contributed by atoms with Crippen molar-refractivity contribution in [2.45, 2.75) is 20.3 Å². The van der Waals surface area contributed by atoms with Crippen LogP contribution < -0.4 is 4.74 Å². The molecule has 0 fully saturated rings. The number of ketones is 1. The topological polar surface area (TPSA) is 63.0 Å². The van der Waals surface area contributed by atoms with Crippen LogP contribution >= 0.6 is 11.3 Å². The van der Waals surface area contributed by atoms with E-state index in [0.717, 1.165) is 17.7 Å². The van der Waals surface area contributed by atoms with E-state index in [4.69, 9.17) is 10.00 Å². The van der Waals surface area contributed by atoms with Crippen LogP contribution in [-0.4, -0.2) is 17.9 Å².